The van der Waals surface area contributed by atoms with E-state index in [0.29, 0.717) is 12.1 Å². The Labute approximate surface area is 98.9 Å². The summed E-state index contributed by atoms with van der Waals surface area (Å²) in [6.07, 6.45) is 6.98. The van der Waals surface area contributed by atoms with Gasteiger partial charge in [0.1, 0.15) is 0 Å². The zero-order valence-electron chi connectivity index (χ0n) is 10.4. The van der Waals surface area contributed by atoms with E-state index in [1.807, 2.05) is 0 Å². The molecule has 0 aromatic rings. The Hall–Kier alpha value is -0.120. The summed E-state index contributed by atoms with van der Waals surface area (Å²) in [5.74, 6) is 0.835. The maximum absolute atomic E-state index is 5.94. The van der Waals surface area contributed by atoms with Crippen LogP contribution in [0.15, 0.2) is 0 Å². The summed E-state index contributed by atoms with van der Waals surface area (Å²) in [4.78, 5) is 0. The fourth-order valence-electron chi connectivity index (χ4n) is 2.87. The van der Waals surface area contributed by atoms with Gasteiger partial charge in [0, 0.05) is 12.6 Å². The molecular formula is C13H25NO2. The van der Waals surface area contributed by atoms with Gasteiger partial charge in [0.25, 0.3) is 0 Å². The minimum Gasteiger partial charge on any atom is -0.379 e. The second-order valence-corrected chi connectivity index (χ2v) is 5.03. The maximum atomic E-state index is 5.94. The average molecular weight is 227 g/mol. The summed E-state index contributed by atoms with van der Waals surface area (Å²) in [5.41, 5.74) is 0. The lowest BCUT2D eigenvalue weighted by Gasteiger charge is -2.25. The van der Waals surface area contributed by atoms with Gasteiger partial charge in [0.05, 0.1) is 19.3 Å². The molecule has 2 unspecified atom stereocenters. The lowest BCUT2D eigenvalue weighted by Crippen LogP contribution is -2.40. The smallest absolute Gasteiger partial charge is 0.0831 e. The second-order valence-electron chi connectivity index (χ2n) is 5.03. The van der Waals surface area contributed by atoms with Gasteiger partial charge in [-0.2, -0.15) is 0 Å². The third-order valence-corrected chi connectivity index (χ3v) is 3.83. The van der Waals surface area contributed by atoms with E-state index in [9.17, 15) is 0 Å². The van der Waals surface area contributed by atoms with E-state index in [4.69, 9.17) is 9.47 Å². The molecule has 1 saturated carbocycles. The first-order valence-corrected chi connectivity index (χ1v) is 6.83. The highest BCUT2D eigenvalue weighted by molar-refractivity contribution is 4.80. The third kappa shape index (κ3) is 3.44. The Kier molecular flexibility index (Phi) is 5.07. The highest BCUT2D eigenvalue weighted by Crippen LogP contribution is 2.28. The van der Waals surface area contributed by atoms with Crippen LogP contribution < -0.4 is 5.32 Å². The van der Waals surface area contributed by atoms with Crippen LogP contribution in [-0.2, 0) is 9.47 Å². The van der Waals surface area contributed by atoms with Gasteiger partial charge >= 0.3 is 0 Å². The van der Waals surface area contributed by atoms with E-state index < -0.39 is 0 Å². The normalized spacial score (nSPS) is 28.7. The first-order valence-electron chi connectivity index (χ1n) is 6.83. The van der Waals surface area contributed by atoms with Crippen molar-refractivity contribution in [2.24, 2.45) is 5.92 Å². The summed E-state index contributed by atoms with van der Waals surface area (Å²) >= 11 is 0. The highest BCUT2D eigenvalue weighted by Gasteiger charge is 2.26. The molecule has 0 amide bonds. The monoisotopic (exact) mass is 227 g/mol. The molecule has 0 aromatic heterocycles. The molecule has 0 bridgehead atoms. The second kappa shape index (κ2) is 6.58. The van der Waals surface area contributed by atoms with Gasteiger partial charge in [-0.15, -0.1) is 0 Å². The molecule has 16 heavy (non-hydrogen) atoms. The zero-order chi connectivity index (χ0) is 11.2. The van der Waals surface area contributed by atoms with Crippen molar-refractivity contribution in [2.75, 3.05) is 26.4 Å². The molecule has 1 aliphatic heterocycles. The van der Waals surface area contributed by atoms with Crippen LogP contribution >= 0.6 is 0 Å². The Balaban J connectivity index is 1.72. The Morgan fingerprint density at radius 1 is 1.31 bits per heavy atom. The maximum Gasteiger partial charge on any atom is 0.0831 e. The molecule has 1 heterocycles. The molecule has 2 aliphatic rings. The van der Waals surface area contributed by atoms with Crippen LogP contribution in [-0.4, -0.2) is 38.5 Å². The molecule has 2 fully saturated rings. The highest BCUT2D eigenvalue weighted by atomic mass is 16.5. The molecule has 1 N–H and O–H groups in total. The molecule has 94 valence electrons. The van der Waals surface area contributed by atoms with Crippen LogP contribution in [0.2, 0.25) is 0 Å². The third-order valence-electron chi connectivity index (χ3n) is 3.83. The first-order chi connectivity index (χ1) is 7.90. The van der Waals surface area contributed by atoms with Gasteiger partial charge in [-0.1, -0.05) is 19.8 Å². The molecule has 0 radical (unpaired) electrons. The summed E-state index contributed by atoms with van der Waals surface area (Å²) in [5, 5.41) is 3.58. The number of ether oxygens (including phenoxy) is 2. The summed E-state index contributed by atoms with van der Waals surface area (Å²) in [6.45, 7) is 5.77. The summed E-state index contributed by atoms with van der Waals surface area (Å²) < 4.78 is 11.3. The van der Waals surface area contributed by atoms with Gasteiger partial charge in [-0.3, -0.25) is 0 Å². The van der Waals surface area contributed by atoms with Crippen molar-refractivity contribution in [3.63, 3.8) is 0 Å². The number of hydrogen-bond acceptors (Lipinski definition) is 3. The molecular weight excluding hydrogens is 202 g/mol. The minimum absolute atomic E-state index is 0.350. The number of nitrogens with one attached hydrogen (secondary N) is 1. The van der Waals surface area contributed by atoms with Gasteiger partial charge < -0.3 is 14.8 Å². The zero-order valence-corrected chi connectivity index (χ0v) is 10.4. The van der Waals surface area contributed by atoms with Gasteiger partial charge in [-0.25, -0.2) is 0 Å². The fourth-order valence-corrected chi connectivity index (χ4v) is 2.87. The van der Waals surface area contributed by atoms with E-state index >= 15 is 0 Å². The Morgan fingerprint density at radius 3 is 2.75 bits per heavy atom. The number of hydrogen-bond donors (Lipinski definition) is 1. The van der Waals surface area contributed by atoms with Crippen LogP contribution in [0.1, 0.15) is 39.0 Å². The number of rotatable bonds is 6. The van der Waals surface area contributed by atoms with Crippen molar-refractivity contribution in [2.45, 2.75) is 51.2 Å². The average Bonchev–Trinajstić information content (AvgIpc) is 2.96. The summed E-state index contributed by atoms with van der Waals surface area (Å²) in [7, 11) is 0. The van der Waals surface area contributed by atoms with E-state index in [0.717, 1.165) is 38.7 Å². The Bertz CT molecular complexity index is 186. The van der Waals surface area contributed by atoms with Crippen molar-refractivity contribution in [1.82, 2.24) is 5.32 Å². The van der Waals surface area contributed by atoms with Gasteiger partial charge in [0.2, 0.25) is 0 Å². The van der Waals surface area contributed by atoms with Crippen LogP contribution in [0, 0.1) is 5.92 Å². The molecule has 1 saturated heterocycles. The largest absolute Gasteiger partial charge is 0.379 e. The van der Waals surface area contributed by atoms with Gasteiger partial charge in [0.15, 0.2) is 0 Å². The molecule has 0 aromatic carbocycles. The molecule has 0 spiro atoms. The van der Waals surface area contributed by atoms with E-state index in [2.05, 4.69) is 12.2 Å². The minimum atomic E-state index is 0.350. The van der Waals surface area contributed by atoms with Crippen molar-refractivity contribution in [1.29, 1.82) is 0 Å². The number of likely N-dealkylation sites (N-methyl/N-ethyl adjacent to an activating group) is 1. The lowest BCUT2D eigenvalue weighted by molar-refractivity contribution is 0.0212. The van der Waals surface area contributed by atoms with Crippen LogP contribution in [0.5, 0.6) is 0 Å². The van der Waals surface area contributed by atoms with Crippen molar-refractivity contribution < 1.29 is 9.47 Å². The van der Waals surface area contributed by atoms with Crippen molar-refractivity contribution in [3.05, 3.63) is 0 Å². The van der Waals surface area contributed by atoms with Crippen molar-refractivity contribution >= 4 is 0 Å². The lowest BCUT2D eigenvalue weighted by atomic mass is 9.99. The molecule has 2 atom stereocenters. The predicted molar refractivity (Wildman–Crippen MR) is 64.6 cm³/mol. The van der Waals surface area contributed by atoms with Crippen LogP contribution in [0.4, 0.5) is 0 Å². The topological polar surface area (TPSA) is 30.5 Å². The fraction of sp³-hybridized carbons (Fsp3) is 1.00. The first kappa shape index (κ1) is 12.3. The van der Waals surface area contributed by atoms with Crippen LogP contribution in [0.25, 0.3) is 0 Å². The Morgan fingerprint density at radius 2 is 2.12 bits per heavy atom. The van der Waals surface area contributed by atoms with E-state index in [1.165, 1.54) is 25.7 Å². The molecule has 3 heteroatoms. The van der Waals surface area contributed by atoms with Gasteiger partial charge in [-0.05, 0) is 31.7 Å². The summed E-state index contributed by atoms with van der Waals surface area (Å²) in [6, 6.07) is 0.563. The quantitative estimate of drug-likeness (QED) is 0.752. The molecule has 3 nitrogen and oxygen atoms in total. The van der Waals surface area contributed by atoms with E-state index in [1.54, 1.807) is 0 Å². The van der Waals surface area contributed by atoms with Crippen molar-refractivity contribution in [3.8, 4) is 0 Å². The molecule has 1 aliphatic carbocycles. The predicted octanol–water partition coefficient (Wildman–Crippen LogP) is 1.96. The standard InChI is InChI=1S/C13H25NO2/c1-2-14-13(11-5-3-4-6-11)10-16-12-7-8-15-9-12/h11-14H,2-10H2,1H3. The SMILES string of the molecule is CCNC(COC1CCOC1)C1CCCC1. The van der Waals surface area contributed by atoms with Crippen LogP contribution in [0.3, 0.4) is 0 Å². The molecule has 2 rings (SSSR count). The van der Waals surface area contributed by atoms with E-state index in [-0.39, 0.29) is 0 Å².